The molecule has 88 valence electrons. The van der Waals surface area contributed by atoms with Gasteiger partial charge in [-0.3, -0.25) is 4.79 Å². The predicted octanol–water partition coefficient (Wildman–Crippen LogP) is 2.05. The molecule has 0 radical (unpaired) electrons. The minimum atomic E-state index is -0.172. The molecule has 0 fully saturated rings. The average Bonchev–Trinajstić information content (AvgIpc) is 2.24. The van der Waals surface area contributed by atoms with Gasteiger partial charge in [0.15, 0.2) is 0 Å². The number of carbonyl (C=O) groups is 1. The van der Waals surface area contributed by atoms with Crippen LogP contribution in [0.15, 0.2) is 28.7 Å². The van der Waals surface area contributed by atoms with Crippen molar-refractivity contribution in [2.75, 3.05) is 32.2 Å². The van der Waals surface area contributed by atoms with Crippen molar-refractivity contribution >= 4 is 27.5 Å². The van der Waals surface area contributed by atoms with Crippen LogP contribution in [0, 0.1) is 0 Å². The lowest BCUT2D eigenvalue weighted by molar-refractivity contribution is -0.121. The number of halogens is 1. The van der Waals surface area contributed by atoms with Crippen molar-refractivity contribution < 1.29 is 14.3 Å². The van der Waals surface area contributed by atoms with Crippen molar-refractivity contribution in [2.45, 2.75) is 0 Å². The maximum Gasteiger partial charge on any atom is 0.250 e. The minimum absolute atomic E-state index is 0.0376. The Kier molecular flexibility index (Phi) is 6.07. The SMILES string of the molecule is COCCOCC(=O)Nc1cccc(Br)c1. The number of carbonyl (C=O) groups excluding carboxylic acids is 1. The lowest BCUT2D eigenvalue weighted by Crippen LogP contribution is -2.19. The summed E-state index contributed by atoms with van der Waals surface area (Å²) in [4.78, 5) is 11.4. The number of hydrogen-bond donors (Lipinski definition) is 1. The van der Waals surface area contributed by atoms with Crippen molar-refractivity contribution in [3.63, 3.8) is 0 Å². The van der Waals surface area contributed by atoms with Crippen LogP contribution in [0.5, 0.6) is 0 Å². The molecule has 1 amide bonds. The highest BCUT2D eigenvalue weighted by molar-refractivity contribution is 9.10. The van der Waals surface area contributed by atoms with Gasteiger partial charge in [0.2, 0.25) is 5.91 Å². The average molecular weight is 288 g/mol. The smallest absolute Gasteiger partial charge is 0.250 e. The summed E-state index contributed by atoms with van der Waals surface area (Å²) in [6, 6.07) is 7.39. The first-order valence-corrected chi connectivity index (χ1v) is 5.64. The molecule has 0 bridgehead atoms. The number of amides is 1. The lowest BCUT2D eigenvalue weighted by atomic mass is 10.3. The largest absolute Gasteiger partial charge is 0.382 e. The molecule has 0 aliphatic carbocycles. The molecular weight excluding hydrogens is 274 g/mol. The molecule has 16 heavy (non-hydrogen) atoms. The number of methoxy groups -OCH3 is 1. The van der Waals surface area contributed by atoms with Gasteiger partial charge in [-0.05, 0) is 18.2 Å². The van der Waals surface area contributed by atoms with Crippen molar-refractivity contribution in [1.29, 1.82) is 0 Å². The standard InChI is InChI=1S/C11H14BrNO3/c1-15-5-6-16-8-11(14)13-10-4-2-3-9(12)7-10/h2-4,7H,5-6,8H2,1H3,(H,13,14). The fraction of sp³-hybridized carbons (Fsp3) is 0.364. The normalized spacial score (nSPS) is 10.1. The van der Waals surface area contributed by atoms with Gasteiger partial charge in [0.1, 0.15) is 6.61 Å². The molecule has 0 heterocycles. The summed E-state index contributed by atoms with van der Waals surface area (Å²) in [5.74, 6) is -0.172. The van der Waals surface area contributed by atoms with Crippen LogP contribution < -0.4 is 5.32 Å². The Labute approximate surface area is 103 Å². The summed E-state index contributed by atoms with van der Waals surface area (Å²) in [7, 11) is 1.59. The third-order valence-corrected chi connectivity index (χ3v) is 2.27. The van der Waals surface area contributed by atoms with Gasteiger partial charge < -0.3 is 14.8 Å². The Morgan fingerprint density at radius 3 is 2.94 bits per heavy atom. The molecule has 0 spiro atoms. The van der Waals surface area contributed by atoms with Crippen LogP contribution in [0.25, 0.3) is 0 Å². The van der Waals surface area contributed by atoms with Gasteiger partial charge in [0.05, 0.1) is 13.2 Å². The summed E-state index contributed by atoms with van der Waals surface area (Å²) in [6.07, 6.45) is 0. The van der Waals surface area contributed by atoms with E-state index in [0.717, 1.165) is 10.2 Å². The number of benzene rings is 1. The molecule has 1 N–H and O–H groups in total. The first-order chi connectivity index (χ1) is 7.72. The second-order valence-electron chi connectivity index (χ2n) is 3.10. The maximum atomic E-state index is 11.4. The second-order valence-corrected chi connectivity index (χ2v) is 4.02. The Morgan fingerprint density at radius 2 is 2.25 bits per heavy atom. The number of hydrogen-bond acceptors (Lipinski definition) is 3. The number of nitrogens with one attached hydrogen (secondary N) is 1. The van der Waals surface area contributed by atoms with Gasteiger partial charge >= 0.3 is 0 Å². The molecule has 0 unspecified atom stereocenters. The highest BCUT2D eigenvalue weighted by Crippen LogP contribution is 2.15. The van der Waals surface area contributed by atoms with Gasteiger partial charge in [0.25, 0.3) is 0 Å². The lowest BCUT2D eigenvalue weighted by Gasteiger charge is -2.06. The van der Waals surface area contributed by atoms with Crippen LogP contribution in [0.2, 0.25) is 0 Å². The molecule has 0 aromatic heterocycles. The number of anilines is 1. The molecule has 1 rings (SSSR count). The first kappa shape index (κ1) is 13.2. The maximum absolute atomic E-state index is 11.4. The number of ether oxygens (including phenoxy) is 2. The zero-order chi connectivity index (χ0) is 11.8. The summed E-state index contributed by atoms with van der Waals surface area (Å²) in [5, 5.41) is 2.72. The van der Waals surface area contributed by atoms with Crippen LogP contribution in [-0.2, 0) is 14.3 Å². The summed E-state index contributed by atoms with van der Waals surface area (Å²) < 4.78 is 10.8. The van der Waals surface area contributed by atoms with Gasteiger partial charge in [-0.25, -0.2) is 0 Å². The third kappa shape index (κ3) is 5.25. The molecule has 0 atom stereocenters. The summed E-state index contributed by atoms with van der Waals surface area (Å²) >= 11 is 3.33. The van der Waals surface area contributed by atoms with Gasteiger partial charge in [-0.15, -0.1) is 0 Å². The van der Waals surface area contributed by atoms with E-state index in [2.05, 4.69) is 21.2 Å². The van der Waals surface area contributed by atoms with E-state index < -0.39 is 0 Å². The van der Waals surface area contributed by atoms with E-state index in [1.807, 2.05) is 24.3 Å². The molecule has 0 saturated carbocycles. The van der Waals surface area contributed by atoms with Crippen LogP contribution in [0.4, 0.5) is 5.69 Å². The van der Waals surface area contributed by atoms with E-state index in [4.69, 9.17) is 9.47 Å². The molecule has 1 aromatic rings. The van der Waals surface area contributed by atoms with Crippen LogP contribution >= 0.6 is 15.9 Å². The zero-order valence-electron chi connectivity index (χ0n) is 9.03. The van der Waals surface area contributed by atoms with E-state index in [-0.39, 0.29) is 12.5 Å². The Balaban J connectivity index is 2.29. The van der Waals surface area contributed by atoms with E-state index >= 15 is 0 Å². The summed E-state index contributed by atoms with van der Waals surface area (Å²) in [5.41, 5.74) is 0.745. The van der Waals surface area contributed by atoms with Crippen molar-refractivity contribution in [3.05, 3.63) is 28.7 Å². The minimum Gasteiger partial charge on any atom is -0.382 e. The van der Waals surface area contributed by atoms with E-state index in [9.17, 15) is 4.79 Å². The zero-order valence-corrected chi connectivity index (χ0v) is 10.6. The van der Waals surface area contributed by atoms with Gasteiger partial charge in [-0.2, -0.15) is 0 Å². The van der Waals surface area contributed by atoms with Gasteiger partial charge in [-0.1, -0.05) is 22.0 Å². The van der Waals surface area contributed by atoms with E-state index in [1.54, 1.807) is 7.11 Å². The highest BCUT2D eigenvalue weighted by Gasteiger charge is 2.02. The van der Waals surface area contributed by atoms with Crippen LogP contribution in [-0.4, -0.2) is 32.8 Å². The molecular formula is C11H14BrNO3. The fourth-order valence-electron chi connectivity index (χ4n) is 1.07. The van der Waals surface area contributed by atoms with Crippen molar-refractivity contribution in [1.82, 2.24) is 0 Å². The summed E-state index contributed by atoms with van der Waals surface area (Å²) in [6.45, 7) is 0.947. The highest BCUT2D eigenvalue weighted by atomic mass is 79.9. The fourth-order valence-corrected chi connectivity index (χ4v) is 1.47. The molecule has 0 aliphatic heterocycles. The van der Waals surface area contributed by atoms with Crippen molar-refractivity contribution in [2.24, 2.45) is 0 Å². The molecule has 0 aliphatic rings. The Morgan fingerprint density at radius 1 is 1.44 bits per heavy atom. The van der Waals surface area contributed by atoms with Crippen LogP contribution in [0.1, 0.15) is 0 Å². The Bertz CT molecular complexity index is 344. The molecule has 1 aromatic carbocycles. The predicted molar refractivity (Wildman–Crippen MR) is 65.5 cm³/mol. The van der Waals surface area contributed by atoms with Crippen LogP contribution in [0.3, 0.4) is 0 Å². The second kappa shape index (κ2) is 7.38. The van der Waals surface area contributed by atoms with E-state index in [1.165, 1.54) is 0 Å². The van der Waals surface area contributed by atoms with E-state index in [0.29, 0.717) is 13.2 Å². The monoisotopic (exact) mass is 287 g/mol. The molecule has 0 saturated heterocycles. The molecule has 4 nitrogen and oxygen atoms in total. The quantitative estimate of drug-likeness (QED) is 0.815. The topological polar surface area (TPSA) is 47.6 Å². The Hall–Kier alpha value is -0.910. The van der Waals surface area contributed by atoms with Gasteiger partial charge in [0, 0.05) is 17.3 Å². The molecule has 5 heteroatoms. The number of rotatable bonds is 6. The first-order valence-electron chi connectivity index (χ1n) is 4.84. The third-order valence-electron chi connectivity index (χ3n) is 1.77. The van der Waals surface area contributed by atoms with Crippen molar-refractivity contribution in [3.8, 4) is 0 Å².